The summed E-state index contributed by atoms with van der Waals surface area (Å²) in [4.78, 5) is 14.0. The SMILES string of the molecule is CCNC(C)(CC(C)N1CCCC(CC)CC1)C(=O)O. The Morgan fingerprint density at radius 2 is 2.10 bits per heavy atom. The van der Waals surface area contributed by atoms with E-state index < -0.39 is 11.5 Å². The Labute approximate surface area is 123 Å². The molecule has 2 N–H and O–H groups in total. The van der Waals surface area contributed by atoms with Crippen molar-refractivity contribution in [2.24, 2.45) is 5.92 Å². The van der Waals surface area contributed by atoms with Crippen molar-refractivity contribution in [3.8, 4) is 0 Å². The number of hydrogen-bond donors (Lipinski definition) is 2. The highest BCUT2D eigenvalue weighted by Crippen LogP contribution is 2.24. The maximum absolute atomic E-state index is 11.5. The van der Waals surface area contributed by atoms with Crippen LogP contribution < -0.4 is 5.32 Å². The number of carboxylic acid groups (broad SMARTS) is 1. The maximum atomic E-state index is 11.5. The number of carbonyl (C=O) groups is 1. The number of nitrogens with one attached hydrogen (secondary N) is 1. The average Bonchev–Trinajstić information content (AvgIpc) is 2.63. The summed E-state index contributed by atoms with van der Waals surface area (Å²) in [5.41, 5.74) is -0.815. The Bertz CT molecular complexity index is 309. The quantitative estimate of drug-likeness (QED) is 0.755. The summed E-state index contributed by atoms with van der Waals surface area (Å²) in [5, 5.41) is 12.6. The Kier molecular flexibility index (Phi) is 6.96. The first kappa shape index (κ1) is 17.4. The molecular formula is C16H32N2O2. The molecule has 0 bridgehead atoms. The van der Waals surface area contributed by atoms with Gasteiger partial charge in [0, 0.05) is 6.04 Å². The van der Waals surface area contributed by atoms with Gasteiger partial charge in [-0.3, -0.25) is 4.79 Å². The lowest BCUT2D eigenvalue weighted by molar-refractivity contribution is -0.145. The molecule has 1 heterocycles. The molecule has 0 aliphatic carbocycles. The summed E-state index contributed by atoms with van der Waals surface area (Å²) in [6.07, 6.45) is 5.75. The molecule has 1 aliphatic heterocycles. The van der Waals surface area contributed by atoms with Gasteiger partial charge >= 0.3 is 5.97 Å². The van der Waals surface area contributed by atoms with E-state index >= 15 is 0 Å². The van der Waals surface area contributed by atoms with Crippen LogP contribution in [-0.2, 0) is 4.79 Å². The zero-order chi connectivity index (χ0) is 15.2. The highest BCUT2D eigenvalue weighted by molar-refractivity contribution is 5.78. The minimum Gasteiger partial charge on any atom is -0.480 e. The van der Waals surface area contributed by atoms with Crippen LogP contribution in [0.25, 0.3) is 0 Å². The first-order chi connectivity index (χ1) is 9.42. The van der Waals surface area contributed by atoms with Gasteiger partial charge in [-0.05, 0) is 65.1 Å². The minimum atomic E-state index is -0.815. The summed E-state index contributed by atoms with van der Waals surface area (Å²) in [6.45, 7) is 11.1. The third-order valence-corrected chi connectivity index (χ3v) is 4.83. The van der Waals surface area contributed by atoms with Crippen LogP contribution in [0, 0.1) is 5.92 Å². The minimum absolute atomic E-state index is 0.311. The van der Waals surface area contributed by atoms with Gasteiger partial charge in [-0.15, -0.1) is 0 Å². The normalized spacial score (nSPS) is 25.7. The largest absolute Gasteiger partial charge is 0.480 e. The Hall–Kier alpha value is -0.610. The summed E-state index contributed by atoms with van der Waals surface area (Å²) in [6, 6.07) is 0.311. The van der Waals surface area contributed by atoms with E-state index in [1.807, 2.05) is 13.8 Å². The maximum Gasteiger partial charge on any atom is 0.323 e. The average molecular weight is 284 g/mol. The number of likely N-dealkylation sites (tertiary alicyclic amines) is 1. The molecule has 20 heavy (non-hydrogen) atoms. The molecule has 1 aliphatic rings. The van der Waals surface area contributed by atoms with E-state index in [0.717, 1.165) is 19.0 Å². The third-order valence-electron chi connectivity index (χ3n) is 4.83. The van der Waals surface area contributed by atoms with E-state index in [0.29, 0.717) is 19.0 Å². The van der Waals surface area contributed by atoms with Gasteiger partial charge in [0.05, 0.1) is 0 Å². The monoisotopic (exact) mass is 284 g/mol. The Balaban J connectivity index is 2.60. The van der Waals surface area contributed by atoms with E-state index in [9.17, 15) is 9.90 Å². The molecule has 0 radical (unpaired) electrons. The fourth-order valence-corrected chi connectivity index (χ4v) is 3.38. The van der Waals surface area contributed by atoms with Crippen molar-refractivity contribution >= 4 is 5.97 Å². The molecule has 0 saturated carbocycles. The molecular weight excluding hydrogens is 252 g/mol. The van der Waals surface area contributed by atoms with Crippen LogP contribution in [0.5, 0.6) is 0 Å². The van der Waals surface area contributed by atoms with Crippen molar-refractivity contribution in [1.29, 1.82) is 0 Å². The van der Waals surface area contributed by atoms with Crippen LogP contribution in [0.15, 0.2) is 0 Å². The molecule has 118 valence electrons. The van der Waals surface area contributed by atoms with Gasteiger partial charge in [-0.1, -0.05) is 20.3 Å². The van der Waals surface area contributed by atoms with Gasteiger partial charge in [-0.2, -0.15) is 0 Å². The van der Waals surface area contributed by atoms with Crippen molar-refractivity contribution in [3.05, 3.63) is 0 Å². The van der Waals surface area contributed by atoms with Crippen molar-refractivity contribution in [2.45, 2.75) is 71.4 Å². The molecule has 1 saturated heterocycles. The number of carboxylic acids is 1. The second kappa shape index (κ2) is 7.99. The number of nitrogens with zero attached hydrogens (tertiary/aromatic N) is 1. The lowest BCUT2D eigenvalue weighted by Crippen LogP contribution is -2.53. The third kappa shape index (κ3) is 4.74. The zero-order valence-electron chi connectivity index (χ0n) is 13.6. The Morgan fingerprint density at radius 1 is 1.40 bits per heavy atom. The van der Waals surface area contributed by atoms with E-state index in [-0.39, 0.29) is 0 Å². The van der Waals surface area contributed by atoms with Crippen molar-refractivity contribution in [2.75, 3.05) is 19.6 Å². The predicted octanol–water partition coefficient (Wildman–Crippen LogP) is 2.73. The van der Waals surface area contributed by atoms with Gasteiger partial charge in [0.2, 0.25) is 0 Å². The van der Waals surface area contributed by atoms with E-state index in [2.05, 4.69) is 24.1 Å². The summed E-state index contributed by atoms with van der Waals surface area (Å²) < 4.78 is 0. The van der Waals surface area contributed by atoms with Crippen LogP contribution in [0.2, 0.25) is 0 Å². The highest BCUT2D eigenvalue weighted by Gasteiger charge is 2.35. The smallest absolute Gasteiger partial charge is 0.323 e. The molecule has 0 aromatic rings. The summed E-state index contributed by atoms with van der Waals surface area (Å²) in [7, 11) is 0. The lowest BCUT2D eigenvalue weighted by atomic mass is 9.92. The first-order valence-electron chi connectivity index (χ1n) is 8.15. The van der Waals surface area contributed by atoms with Crippen LogP contribution >= 0.6 is 0 Å². The van der Waals surface area contributed by atoms with Crippen molar-refractivity contribution in [3.63, 3.8) is 0 Å². The van der Waals surface area contributed by atoms with Gasteiger partial charge in [0.25, 0.3) is 0 Å². The number of aliphatic carboxylic acids is 1. The van der Waals surface area contributed by atoms with Crippen LogP contribution in [0.3, 0.4) is 0 Å². The molecule has 4 nitrogen and oxygen atoms in total. The molecule has 0 aromatic carbocycles. The molecule has 3 unspecified atom stereocenters. The Morgan fingerprint density at radius 3 is 2.65 bits per heavy atom. The van der Waals surface area contributed by atoms with Gasteiger partial charge in [0.1, 0.15) is 5.54 Å². The second-order valence-corrected chi connectivity index (χ2v) is 6.46. The summed E-state index contributed by atoms with van der Waals surface area (Å²) in [5.74, 6) is 0.110. The zero-order valence-corrected chi connectivity index (χ0v) is 13.6. The van der Waals surface area contributed by atoms with Gasteiger partial charge in [-0.25, -0.2) is 0 Å². The van der Waals surface area contributed by atoms with Crippen LogP contribution in [-0.4, -0.2) is 47.2 Å². The molecule has 1 fully saturated rings. The van der Waals surface area contributed by atoms with Crippen molar-refractivity contribution < 1.29 is 9.90 Å². The number of hydrogen-bond acceptors (Lipinski definition) is 3. The predicted molar refractivity (Wildman–Crippen MR) is 83.0 cm³/mol. The molecule has 0 spiro atoms. The summed E-state index contributed by atoms with van der Waals surface area (Å²) >= 11 is 0. The van der Waals surface area contributed by atoms with Crippen LogP contribution in [0.4, 0.5) is 0 Å². The molecule has 0 amide bonds. The highest BCUT2D eigenvalue weighted by atomic mass is 16.4. The standard InChI is InChI=1S/C16H32N2O2/c1-5-14-8-7-10-18(11-9-14)13(3)12-16(4,15(19)20)17-6-2/h13-14,17H,5-12H2,1-4H3,(H,19,20). The number of rotatable bonds is 7. The molecule has 1 rings (SSSR count). The fourth-order valence-electron chi connectivity index (χ4n) is 3.38. The molecule has 0 aromatic heterocycles. The van der Waals surface area contributed by atoms with E-state index in [4.69, 9.17) is 0 Å². The fraction of sp³-hybridized carbons (Fsp3) is 0.938. The van der Waals surface area contributed by atoms with E-state index in [1.54, 1.807) is 0 Å². The molecule has 4 heteroatoms. The van der Waals surface area contributed by atoms with Gasteiger partial charge in [0.15, 0.2) is 0 Å². The second-order valence-electron chi connectivity index (χ2n) is 6.46. The first-order valence-corrected chi connectivity index (χ1v) is 8.15. The number of likely N-dealkylation sites (N-methyl/N-ethyl adjacent to an activating group) is 1. The van der Waals surface area contributed by atoms with Crippen molar-refractivity contribution in [1.82, 2.24) is 10.2 Å². The van der Waals surface area contributed by atoms with Crippen LogP contribution in [0.1, 0.15) is 59.8 Å². The lowest BCUT2D eigenvalue weighted by Gasteiger charge is -2.34. The van der Waals surface area contributed by atoms with E-state index in [1.165, 1.54) is 25.7 Å². The molecule has 3 atom stereocenters. The van der Waals surface area contributed by atoms with Gasteiger partial charge < -0.3 is 15.3 Å². The topological polar surface area (TPSA) is 52.6 Å².